The Bertz CT molecular complexity index is 1320. The van der Waals surface area contributed by atoms with E-state index in [0.717, 1.165) is 59.2 Å². The molecule has 3 aromatic carbocycles. The largest absolute Gasteiger partial charge is 0.506 e. The van der Waals surface area contributed by atoms with Gasteiger partial charge in [0.1, 0.15) is 5.75 Å². The van der Waals surface area contributed by atoms with Crippen molar-refractivity contribution in [1.82, 2.24) is 15.2 Å². The first-order chi connectivity index (χ1) is 16.7. The lowest BCUT2D eigenvalue weighted by molar-refractivity contribution is 0.0952. The van der Waals surface area contributed by atoms with Crippen LogP contribution >= 0.6 is 0 Å². The second-order valence-electron chi connectivity index (χ2n) is 8.76. The van der Waals surface area contributed by atoms with Gasteiger partial charge in [-0.3, -0.25) is 9.69 Å². The second kappa shape index (κ2) is 9.98. The molecule has 2 heterocycles. The lowest BCUT2D eigenvalue weighted by Crippen LogP contribution is -2.31. The Labute approximate surface area is 199 Å². The van der Waals surface area contributed by atoms with Crippen LogP contribution in [0.15, 0.2) is 78.9 Å². The highest BCUT2D eigenvalue weighted by molar-refractivity contribution is 5.95. The zero-order chi connectivity index (χ0) is 23.3. The van der Waals surface area contributed by atoms with Crippen LogP contribution < -0.4 is 5.32 Å². The van der Waals surface area contributed by atoms with Gasteiger partial charge >= 0.3 is 0 Å². The van der Waals surface area contributed by atoms with E-state index >= 15 is 0 Å². The number of carbonyl (C=O) groups is 1. The van der Waals surface area contributed by atoms with Crippen LogP contribution in [0, 0.1) is 0 Å². The molecule has 0 aliphatic carbocycles. The van der Waals surface area contributed by atoms with Crippen LogP contribution in [0.5, 0.6) is 5.75 Å². The number of hydrogen-bond donors (Lipinski definition) is 3. The Balaban J connectivity index is 1.21. The first-order valence-electron chi connectivity index (χ1n) is 11.8. The summed E-state index contributed by atoms with van der Waals surface area (Å²) < 4.78 is 0. The molecule has 0 unspecified atom stereocenters. The van der Waals surface area contributed by atoms with Gasteiger partial charge in [-0.05, 0) is 41.7 Å². The molecule has 0 saturated heterocycles. The number of nitrogens with zero attached hydrogens (tertiary/aromatic N) is 1. The van der Waals surface area contributed by atoms with Crippen molar-refractivity contribution in [1.29, 1.82) is 0 Å². The van der Waals surface area contributed by atoms with Crippen LogP contribution in [-0.4, -0.2) is 34.0 Å². The highest BCUT2D eigenvalue weighted by atomic mass is 16.3. The van der Waals surface area contributed by atoms with Gasteiger partial charge in [0.15, 0.2) is 0 Å². The molecule has 0 atom stereocenters. The first-order valence-corrected chi connectivity index (χ1v) is 11.8. The number of fused-ring (bicyclic) bond motifs is 3. The minimum absolute atomic E-state index is 0.0306. The molecule has 1 amide bonds. The number of rotatable bonds is 7. The number of aromatic amines is 1. The monoisotopic (exact) mass is 451 g/mol. The molecule has 5 rings (SSSR count). The highest BCUT2D eigenvalue weighted by Crippen LogP contribution is 2.32. The summed E-state index contributed by atoms with van der Waals surface area (Å²) in [7, 11) is 0. The predicted molar refractivity (Wildman–Crippen MR) is 137 cm³/mol. The summed E-state index contributed by atoms with van der Waals surface area (Å²) in [5, 5.41) is 14.4. The molecule has 0 fully saturated rings. The Morgan fingerprint density at radius 3 is 2.74 bits per heavy atom. The van der Waals surface area contributed by atoms with Gasteiger partial charge in [-0.25, -0.2) is 0 Å². The van der Waals surface area contributed by atoms with Crippen molar-refractivity contribution in [2.45, 2.75) is 25.9 Å². The SMILES string of the molecule is O=C(NCCC=Cc1ccccc1)c1ccccc1CN1CCc2c([nH]c3c(O)cccc23)C1. The molecule has 172 valence electrons. The normalized spacial score (nSPS) is 13.9. The van der Waals surface area contributed by atoms with Crippen LogP contribution in [0.25, 0.3) is 17.0 Å². The zero-order valence-corrected chi connectivity index (χ0v) is 19.1. The first kappa shape index (κ1) is 22.0. The van der Waals surface area contributed by atoms with Gasteiger partial charge in [0.05, 0.1) is 5.52 Å². The van der Waals surface area contributed by atoms with Crippen molar-refractivity contribution >= 4 is 22.9 Å². The van der Waals surface area contributed by atoms with Gasteiger partial charge in [-0.15, -0.1) is 0 Å². The van der Waals surface area contributed by atoms with E-state index in [1.165, 1.54) is 5.56 Å². The van der Waals surface area contributed by atoms with Crippen molar-refractivity contribution in [3.05, 3.63) is 107 Å². The smallest absolute Gasteiger partial charge is 0.251 e. The average molecular weight is 452 g/mol. The number of aromatic nitrogens is 1. The summed E-state index contributed by atoms with van der Waals surface area (Å²) in [6.45, 7) is 2.99. The summed E-state index contributed by atoms with van der Waals surface area (Å²) in [6.07, 6.45) is 5.87. The van der Waals surface area contributed by atoms with Crippen molar-refractivity contribution in [2.75, 3.05) is 13.1 Å². The number of phenols is 1. The van der Waals surface area contributed by atoms with Crippen molar-refractivity contribution in [3.63, 3.8) is 0 Å². The molecule has 0 bridgehead atoms. The summed E-state index contributed by atoms with van der Waals surface area (Å²) in [5.74, 6) is 0.260. The Morgan fingerprint density at radius 1 is 1.03 bits per heavy atom. The average Bonchev–Trinajstić information content (AvgIpc) is 3.24. The fourth-order valence-electron chi connectivity index (χ4n) is 4.71. The molecule has 1 aromatic heterocycles. The summed E-state index contributed by atoms with van der Waals surface area (Å²) in [4.78, 5) is 18.7. The molecule has 1 aliphatic rings. The quantitative estimate of drug-likeness (QED) is 0.336. The Morgan fingerprint density at radius 2 is 1.85 bits per heavy atom. The third-order valence-corrected chi connectivity index (χ3v) is 6.43. The minimum Gasteiger partial charge on any atom is -0.506 e. The van der Waals surface area contributed by atoms with Gasteiger partial charge in [-0.1, -0.05) is 72.8 Å². The van der Waals surface area contributed by atoms with Crippen LogP contribution in [0.2, 0.25) is 0 Å². The van der Waals surface area contributed by atoms with Crippen molar-refractivity contribution in [2.24, 2.45) is 0 Å². The van der Waals surface area contributed by atoms with Gasteiger partial charge in [0.25, 0.3) is 5.91 Å². The molecule has 34 heavy (non-hydrogen) atoms. The summed E-state index contributed by atoms with van der Waals surface area (Å²) in [6, 6.07) is 23.7. The second-order valence-corrected chi connectivity index (χ2v) is 8.76. The molecule has 4 aromatic rings. The van der Waals surface area contributed by atoms with E-state index in [2.05, 4.69) is 45.6 Å². The highest BCUT2D eigenvalue weighted by Gasteiger charge is 2.22. The summed E-state index contributed by atoms with van der Waals surface area (Å²) in [5.41, 5.74) is 6.17. The zero-order valence-electron chi connectivity index (χ0n) is 19.1. The maximum atomic E-state index is 12.9. The number of hydrogen-bond acceptors (Lipinski definition) is 3. The van der Waals surface area contributed by atoms with E-state index in [4.69, 9.17) is 0 Å². The number of phenolic OH excluding ortho intramolecular Hbond substituents is 1. The van der Waals surface area contributed by atoms with E-state index in [-0.39, 0.29) is 5.91 Å². The Hall–Kier alpha value is -3.83. The fraction of sp³-hybridized carbons (Fsp3) is 0.207. The molecule has 0 saturated carbocycles. The fourth-order valence-corrected chi connectivity index (χ4v) is 4.71. The van der Waals surface area contributed by atoms with E-state index in [9.17, 15) is 9.90 Å². The van der Waals surface area contributed by atoms with Gasteiger partial charge in [0, 0.05) is 42.8 Å². The molecule has 1 aliphatic heterocycles. The molecule has 0 spiro atoms. The van der Waals surface area contributed by atoms with Gasteiger partial charge in [-0.2, -0.15) is 0 Å². The number of benzene rings is 3. The number of nitrogens with one attached hydrogen (secondary N) is 2. The molecule has 3 N–H and O–H groups in total. The number of para-hydroxylation sites is 1. The topological polar surface area (TPSA) is 68.4 Å². The summed E-state index contributed by atoms with van der Waals surface area (Å²) >= 11 is 0. The Kier molecular flexibility index (Phi) is 6.45. The maximum Gasteiger partial charge on any atom is 0.251 e. The van der Waals surface area contributed by atoms with Crippen LogP contribution in [0.3, 0.4) is 0 Å². The number of H-pyrrole nitrogens is 1. The van der Waals surface area contributed by atoms with Crippen molar-refractivity contribution in [3.8, 4) is 5.75 Å². The predicted octanol–water partition coefficient (Wildman–Crippen LogP) is 5.27. The van der Waals surface area contributed by atoms with E-state index in [1.807, 2.05) is 48.5 Å². The maximum absolute atomic E-state index is 12.9. The van der Waals surface area contributed by atoms with Crippen LogP contribution in [0.1, 0.15) is 39.2 Å². The molecule has 5 nitrogen and oxygen atoms in total. The number of aromatic hydroxyl groups is 1. The van der Waals surface area contributed by atoms with Crippen molar-refractivity contribution < 1.29 is 9.90 Å². The lowest BCUT2D eigenvalue weighted by Gasteiger charge is -2.27. The lowest BCUT2D eigenvalue weighted by atomic mass is 10.0. The third kappa shape index (κ3) is 4.75. The molecule has 5 heteroatoms. The number of carbonyl (C=O) groups excluding carboxylic acids is 1. The minimum atomic E-state index is -0.0306. The molecule has 0 radical (unpaired) electrons. The number of amides is 1. The van der Waals surface area contributed by atoms with E-state index in [0.29, 0.717) is 18.8 Å². The standard InChI is InChI=1S/C29H29N3O2/c33-27-15-8-14-25-24-16-18-32(20-26(24)31-28(25)27)19-22-12-4-5-13-23(22)29(34)30-17-7-6-11-21-9-2-1-3-10-21/h1-6,8-15,31,33H,7,16-20H2,(H,30,34). The van der Waals surface area contributed by atoms with Gasteiger partial charge in [0.2, 0.25) is 0 Å². The third-order valence-electron chi connectivity index (χ3n) is 6.43. The molecular formula is C29H29N3O2. The van der Waals surface area contributed by atoms with Crippen LogP contribution in [-0.2, 0) is 19.5 Å². The molecular weight excluding hydrogens is 422 g/mol. The van der Waals surface area contributed by atoms with Crippen LogP contribution in [0.4, 0.5) is 0 Å². The van der Waals surface area contributed by atoms with E-state index in [1.54, 1.807) is 6.07 Å². The van der Waals surface area contributed by atoms with E-state index < -0.39 is 0 Å². The van der Waals surface area contributed by atoms with Gasteiger partial charge < -0.3 is 15.4 Å².